The third-order valence-electron chi connectivity index (χ3n) is 3.52. The minimum Gasteiger partial charge on any atom is -0.493 e. The third kappa shape index (κ3) is 3.37. The van der Waals surface area contributed by atoms with Crippen LogP contribution in [0.25, 0.3) is 0 Å². The Kier molecular flexibility index (Phi) is 4.62. The second kappa shape index (κ2) is 6.83. The molecule has 0 saturated carbocycles. The molecule has 0 spiro atoms. The van der Waals surface area contributed by atoms with Gasteiger partial charge in [-0.25, -0.2) is 8.78 Å². The number of methoxy groups -OCH3 is 1. The van der Waals surface area contributed by atoms with Gasteiger partial charge in [0, 0.05) is 30.7 Å². The van der Waals surface area contributed by atoms with E-state index in [0.29, 0.717) is 12.4 Å². The molecule has 0 radical (unpaired) electrons. The van der Waals surface area contributed by atoms with Crippen LogP contribution in [0.15, 0.2) is 30.3 Å². The zero-order chi connectivity index (χ0) is 16.2. The first-order valence-electron chi connectivity index (χ1n) is 7.16. The van der Waals surface area contributed by atoms with Gasteiger partial charge in [0.1, 0.15) is 23.9 Å². The molecule has 1 heterocycles. The van der Waals surface area contributed by atoms with Crippen molar-refractivity contribution in [2.45, 2.75) is 13.0 Å². The lowest BCUT2D eigenvalue weighted by atomic mass is 10.1. The number of halogens is 2. The summed E-state index contributed by atoms with van der Waals surface area (Å²) < 4.78 is 47.8. The smallest absolute Gasteiger partial charge is 0.188 e. The van der Waals surface area contributed by atoms with E-state index in [1.807, 2.05) is 12.1 Å². The molecule has 0 N–H and O–H groups in total. The standard InChI is InChI=1S/C17H16F2O4/c1-20-10-23-17-11(2-5-16-13(17)6-7-21-16)9-22-12-3-4-14(18)15(19)8-12/h2-5,8H,6-7,9-10H2,1H3. The Hall–Kier alpha value is -2.34. The topological polar surface area (TPSA) is 36.9 Å². The average molecular weight is 322 g/mol. The van der Waals surface area contributed by atoms with Gasteiger partial charge in [0.25, 0.3) is 0 Å². The summed E-state index contributed by atoms with van der Waals surface area (Å²) in [6, 6.07) is 7.11. The molecule has 23 heavy (non-hydrogen) atoms. The van der Waals surface area contributed by atoms with Gasteiger partial charge in [-0.3, -0.25) is 0 Å². The Morgan fingerprint density at radius 1 is 1.09 bits per heavy atom. The fraction of sp³-hybridized carbons (Fsp3) is 0.294. The van der Waals surface area contributed by atoms with Crippen LogP contribution in [0.1, 0.15) is 11.1 Å². The van der Waals surface area contributed by atoms with Gasteiger partial charge in [0.15, 0.2) is 18.4 Å². The highest BCUT2D eigenvalue weighted by atomic mass is 19.2. The van der Waals surface area contributed by atoms with E-state index < -0.39 is 11.6 Å². The van der Waals surface area contributed by atoms with Crippen LogP contribution in [0.3, 0.4) is 0 Å². The SMILES string of the molecule is COCOc1c(COc2ccc(F)c(F)c2)ccc2c1CCO2. The van der Waals surface area contributed by atoms with E-state index >= 15 is 0 Å². The molecule has 122 valence electrons. The largest absolute Gasteiger partial charge is 0.493 e. The molecule has 1 aliphatic rings. The summed E-state index contributed by atoms with van der Waals surface area (Å²) in [6.45, 7) is 0.873. The maximum Gasteiger partial charge on any atom is 0.188 e. The first kappa shape index (κ1) is 15.6. The second-order valence-electron chi connectivity index (χ2n) is 5.04. The van der Waals surface area contributed by atoms with Crippen LogP contribution in [-0.2, 0) is 17.8 Å². The highest BCUT2D eigenvalue weighted by Crippen LogP contribution is 2.37. The molecule has 6 heteroatoms. The first-order chi connectivity index (χ1) is 11.2. The quantitative estimate of drug-likeness (QED) is 0.763. The molecule has 0 unspecified atom stereocenters. The van der Waals surface area contributed by atoms with Gasteiger partial charge in [-0.1, -0.05) is 0 Å². The number of hydrogen-bond donors (Lipinski definition) is 0. The summed E-state index contributed by atoms with van der Waals surface area (Å²) in [6.07, 6.45) is 0.743. The van der Waals surface area contributed by atoms with Gasteiger partial charge in [0.05, 0.1) is 6.61 Å². The van der Waals surface area contributed by atoms with Gasteiger partial charge in [-0.2, -0.15) is 0 Å². The monoisotopic (exact) mass is 322 g/mol. The van der Waals surface area contributed by atoms with Gasteiger partial charge >= 0.3 is 0 Å². The molecule has 0 atom stereocenters. The van der Waals surface area contributed by atoms with Crippen LogP contribution in [-0.4, -0.2) is 20.5 Å². The summed E-state index contributed by atoms with van der Waals surface area (Å²) in [5, 5.41) is 0. The van der Waals surface area contributed by atoms with E-state index in [4.69, 9.17) is 18.9 Å². The zero-order valence-corrected chi connectivity index (χ0v) is 12.6. The van der Waals surface area contributed by atoms with Crippen molar-refractivity contribution in [1.29, 1.82) is 0 Å². The van der Waals surface area contributed by atoms with Crippen molar-refractivity contribution < 1.29 is 27.7 Å². The lowest BCUT2D eigenvalue weighted by Gasteiger charge is -2.15. The fourth-order valence-corrected chi connectivity index (χ4v) is 2.43. The molecular weight excluding hydrogens is 306 g/mol. The average Bonchev–Trinajstić information content (AvgIpc) is 3.03. The number of fused-ring (bicyclic) bond motifs is 1. The van der Waals surface area contributed by atoms with E-state index in [9.17, 15) is 8.78 Å². The Morgan fingerprint density at radius 3 is 2.74 bits per heavy atom. The van der Waals surface area contributed by atoms with Gasteiger partial charge in [0.2, 0.25) is 0 Å². The van der Waals surface area contributed by atoms with Crippen LogP contribution in [0.2, 0.25) is 0 Å². The predicted octanol–water partition coefficient (Wildman–Crippen LogP) is 3.46. The summed E-state index contributed by atoms with van der Waals surface area (Å²) in [7, 11) is 1.54. The fourth-order valence-electron chi connectivity index (χ4n) is 2.43. The zero-order valence-electron chi connectivity index (χ0n) is 12.6. The lowest BCUT2D eigenvalue weighted by Crippen LogP contribution is -2.06. The highest BCUT2D eigenvalue weighted by molar-refractivity contribution is 5.52. The van der Waals surface area contributed by atoms with E-state index in [1.54, 1.807) is 0 Å². The summed E-state index contributed by atoms with van der Waals surface area (Å²) in [5.41, 5.74) is 1.75. The summed E-state index contributed by atoms with van der Waals surface area (Å²) in [5.74, 6) is -0.160. The maximum atomic E-state index is 13.2. The molecule has 0 saturated heterocycles. The van der Waals surface area contributed by atoms with Gasteiger partial charge < -0.3 is 18.9 Å². The summed E-state index contributed by atoms with van der Waals surface area (Å²) >= 11 is 0. The molecule has 2 aromatic carbocycles. The van der Waals surface area contributed by atoms with Crippen molar-refractivity contribution in [2.75, 3.05) is 20.5 Å². The lowest BCUT2D eigenvalue weighted by molar-refractivity contribution is 0.0491. The molecule has 0 aromatic heterocycles. The Bertz CT molecular complexity index is 703. The molecule has 2 aromatic rings. The van der Waals surface area contributed by atoms with Crippen LogP contribution in [0.4, 0.5) is 8.78 Å². The molecule has 0 aliphatic carbocycles. The van der Waals surface area contributed by atoms with Crippen molar-refractivity contribution in [2.24, 2.45) is 0 Å². The second-order valence-corrected chi connectivity index (χ2v) is 5.04. The molecule has 0 fully saturated rings. The molecule has 3 rings (SSSR count). The van der Waals surface area contributed by atoms with Gasteiger partial charge in [-0.05, 0) is 24.3 Å². The van der Waals surface area contributed by atoms with Crippen molar-refractivity contribution in [3.05, 3.63) is 53.1 Å². The van der Waals surface area contributed by atoms with Crippen LogP contribution < -0.4 is 14.2 Å². The van der Waals surface area contributed by atoms with E-state index in [1.165, 1.54) is 13.2 Å². The highest BCUT2D eigenvalue weighted by Gasteiger charge is 2.21. The number of hydrogen-bond acceptors (Lipinski definition) is 4. The Labute approximate surface area is 132 Å². The predicted molar refractivity (Wildman–Crippen MR) is 78.8 cm³/mol. The molecule has 0 amide bonds. The molecule has 4 nitrogen and oxygen atoms in total. The van der Waals surface area contributed by atoms with E-state index in [2.05, 4.69) is 0 Å². The van der Waals surface area contributed by atoms with Crippen LogP contribution in [0, 0.1) is 11.6 Å². The minimum absolute atomic E-state index is 0.106. The number of benzene rings is 2. The minimum atomic E-state index is -0.944. The molecular formula is C17H16F2O4. The van der Waals surface area contributed by atoms with Gasteiger partial charge in [-0.15, -0.1) is 0 Å². The number of ether oxygens (including phenoxy) is 4. The van der Waals surface area contributed by atoms with Crippen molar-refractivity contribution in [1.82, 2.24) is 0 Å². The summed E-state index contributed by atoms with van der Waals surface area (Å²) in [4.78, 5) is 0. The maximum absolute atomic E-state index is 13.2. The van der Waals surface area contributed by atoms with Crippen molar-refractivity contribution in [3.8, 4) is 17.2 Å². The van der Waals surface area contributed by atoms with Crippen molar-refractivity contribution >= 4 is 0 Å². The van der Waals surface area contributed by atoms with Crippen molar-refractivity contribution in [3.63, 3.8) is 0 Å². The number of rotatable bonds is 6. The molecule has 1 aliphatic heterocycles. The first-order valence-corrected chi connectivity index (χ1v) is 7.16. The Morgan fingerprint density at radius 2 is 1.96 bits per heavy atom. The Balaban J connectivity index is 1.80. The van der Waals surface area contributed by atoms with E-state index in [0.717, 1.165) is 35.4 Å². The normalized spacial score (nSPS) is 12.7. The third-order valence-corrected chi connectivity index (χ3v) is 3.52. The van der Waals surface area contributed by atoms with Crippen LogP contribution >= 0.6 is 0 Å². The van der Waals surface area contributed by atoms with Crippen LogP contribution in [0.5, 0.6) is 17.2 Å². The molecule has 0 bridgehead atoms. The van der Waals surface area contributed by atoms with E-state index in [-0.39, 0.29) is 19.1 Å².